The Kier molecular flexibility index (Phi) is 4.21. The lowest BCUT2D eigenvalue weighted by molar-refractivity contribution is 0.0499. The Hall–Kier alpha value is -1.45. The molecule has 82 valence electrons. The second kappa shape index (κ2) is 5.44. The maximum atomic E-state index is 12.7. The standard InChI is InChI=1S/C11H12F2O2/c1-2-3-6-15-11(14)8-4-5-9(12)10(13)7-8/h4-5,7H,2-3,6H2,1H3. The quantitative estimate of drug-likeness (QED) is 0.569. The van der Waals surface area contributed by atoms with Crippen LogP contribution in [0, 0.1) is 11.6 Å². The van der Waals surface area contributed by atoms with Gasteiger partial charge in [0.25, 0.3) is 0 Å². The molecule has 0 saturated carbocycles. The Balaban J connectivity index is 2.62. The van der Waals surface area contributed by atoms with Crippen LogP contribution in [-0.4, -0.2) is 12.6 Å². The molecule has 0 aliphatic carbocycles. The van der Waals surface area contributed by atoms with Gasteiger partial charge in [0.2, 0.25) is 0 Å². The number of esters is 1. The van der Waals surface area contributed by atoms with Gasteiger partial charge in [-0.3, -0.25) is 0 Å². The monoisotopic (exact) mass is 214 g/mol. The normalized spacial score (nSPS) is 10.1. The van der Waals surface area contributed by atoms with E-state index in [1.54, 1.807) is 0 Å². The summed E-state index contributed by atoms with van der Waals surface area (Å²) in [6, 6.07) is 2.95. The average molecular weight is 214 g/mol. The summed E-state index contributed by atoms with van der Waals surface area (Å²) in [7, 11) is 0. The summed E-state index contributed by atoms with van der Waals surface area (Å²) in [4.78, 5) is 11.3. The summed E-state index contributed by atoms with van der Waals surface area (Å²) in [5.41, 5.74) is 0.0324. The minimum absolute atomic E-state index is 0.0324. The molecule has 0 fully saturated rings. The molecule has 0 heterocycles. The summed E-state index contributed by atoms with van der Waals surface area (Å²) < 4.78 is 30.1. The first-order chi connectivity index (χ1) is 7.15. The van der Waals surface area contributed by atoms with Crippen molar-refractivity contribution in [3.63, 3.8) is 0 Å². The van der Waals surface area contributed by atoms with Crippen molar-refractivity contribution in [3.05, 3.63) is 35.4 Å². The Morgan fingerprint density at radius 1 is 1.33 bits per heavy atom. The fourth-order valence-electron chi connectivity index (χ4n) is 1.02. The summed E-state index contributed by atoms with van der Waals surface area (Å²) in [6.07, 6.45) is 1.67. The SMILES string of the molecule is CCCCOC(=O)c1ccc(F)c(F)c1. The summed E-state index contributed by atoms with van der Waals surface area (Å²) in [6.45, 7) is 2.26. The molecule has 2 nitrogen and oxygen atoms in total. The van der Waals surface area contributed by atoms with Gasteiger partial charge in [-0.25, -0.2) is 13.6 Å². The molecule has 0 amide bonds. The van der Waals surface area contributed by atoms with Crippen molar-refractivity contribution in [2.24, 2.45) is 0 Å². The van der Waals surface area contributed by atoms with Gasteiger partial charge in [-0.1, -0.05) is 13.3 Å². The number of ether oxygens (including phenoxy) is 1. The molecule has 0 aliphatic heterocycles. The highest BCUT2D eigenvalue weighted by Crippen LogP contribution is 2.09. The molecule has 1 aromatic rings. The van der Waals surface area contributed by atoms with Gasteiger partial charge in [0.15, 0.2) is 11.6 Å². The molecule has 0 aliphatic rings. The van der Waals surface area contributed by atoms with Crippen LogP contribution in [0.4, 0.5) is 8.78 Å². The Morgan fingerprint density at radius 2 is 2.07 bits per heavy atom. The van der Waals surface area contributed by atoms with E-state index in [-0.39, 0.29) is 5.56 Å². The van der Waals surface area contributed by atoms with Gasteiger partial charge in [0.1, 0.15) is 0 Å². The third-order valence-electron chi connectivity index (χ3n) is 1.89. The van der Waals surface area contributed by atoms with Crippen LogP contribution < -0.4 is 0 Å². The molecule has 15 heavy (non-hydrogen) atoms. The predicted octanol–water partition coefficient (Wildman–Crippen LogP) is 2.92. The number of benzene rings is 1. The van der Waals surface area contributed by atoms with E-state index in [4.69, 9.17) is 4.74 Å². The first-order valence-corrected chi connectivity index (χ1v) is 4.77. The van der Waals surface area contributed by atoms with E-state index in [9.17, 15) is 13.6 Å². The zero-order valence-corrected chi connectivity index (χ0v) is 8.43. The molecule has 1 aromatic carbocycles. The molecule has 0 bridgehead atoms. The molecule has 1 rings (SSSR count). The highest BCUT2D eigenvalue weighted by molar-refractivity contribution is 5.89. The lowest BCUT2D eigenvalue weighted by Gasteiger charge is -2.03. The number of carbonyl (C=O) groups is 1. The number of rotatable bonds is 4. The molecule has 4 heteroatoms. The second-order valence-electron chi connectivity index (χ2n) is 3.12. The Morgan fingerprint density at radius 3 is 2.67 bits per heavy atom. The summed E-state index contributed by atoms with van der Waals surface area (Å²) >= 11 is 0. The van der Waals surface area contributed by atoms with Crippen LogP contribution in [0.25, 0.3) is 0 Å². The van der Waals surface area contributed by atoms with Crippen LogP contribution in [0.5, 0.6) is 0 Å². The zero-order chi connectivity index (χ0) is 11.3. The summed E-state index contributed by atoms with van der Waals surface area (Å²) in [5.74, 6) is -2.64. The lowest BCUT2D eigenvalue weighted by Crippen LogP contribution is -2.07. The maximum Gasteiger partial charge on any atom is 0.338 e. The molecule has 0 aromatic heterocycles. The molecule has 0 saturated heterocycles. The number of carbonyl (C=O) groups excluding carboxylic acids is 1. The minimum Gasteiger partial charge on any atom is -0.462 e. The molecule has 0 radical (unpaired) electrons. The van der Waals surface area contributed by atoms with E-state index < -0.39 is 17.6 Å². The highest BCUT2D eigenvalue weighted by Gasteiger charge is 2.10. The molecular weight excluding hydrogens is 202 g/mol. The highest BCUT2D eigenvalue weighted by atomic mass is 19.2. The van der Waals surface area contributed by atoms with Gasteiger partial charge in [0.05, 0.1) is 12.2 Å². The van der Waals surface area contributed by atoms with Crippen molar-refractivity contribution in [3.8, 4) is 0 Å². The van der Waals surface area contributed by atoms with E-state index in [1.165, 1.54) is 6.07 Å². The van der Waals surface area contributed by atoms with E-state index >= 15 is 0 Å². The average Bonchev–Trinajstić information content (AvgIpc) is 2.22. The molecule has 0 unspecified atom stereocenters. The van der Waals surface area contributed by atoms with E-state index in [2.05, 4.69) is 0 Å². The third-order valence-corrected chi connectivity index (χ3v) is 1.89. The predicted molar refractivity (Wildman–Crippen MR) is 51.5 cm³/mol. The van der Waals surface area contributed by atoms with Crippen molar-refractivity contribution in [1.82, 2.24) is 0 Å². The fourth-order valence-corrected chi connectivity index (χ4v) is 1.02. The van der Waals surface area contributed by atoms with Gasteiger partial charge < -0.3 is 4.74 Å². The second-order valence-corrected chi connectivity index (χ2v) is 3.12. The zero-order valence-electron chi connectivity index (χ0n) is 8.43. The molecule has 0 N–H and O–H groups in total. The van der Waals surface area contributed by atoms with E-state index in [1.807, 2.05) is 6.92 Å². The fraction of sp³-hybridized carbons (Fsp3) is 0.364. The van der Waals surface area contributed by atoms with Gasteiger partial charge in [-0.05, 0) is 24.6 Å². The van der Waals surface area contributed by atoms with Crippen molar-refractivity contribution >= 4 is 5.97 Å². The third kappa shape index (κ3) is 3.31. The van der Waals surface area contributed by atoms with Crippen LogP contribution in [0.15, 0.2) is 18.2 Å². The Labute approximate surface area is 86.9 Å². The number of hydrogen-bond donors (Lipinski definition) is 0. The number of unbranched alkanes of at least 4 members (excludes halogenated alkanes) is 1. The topological polar surface area (TPSA) is 26.3 Å². The van der Waals surface area contributed by atoms with Crippen molar-refractivity contribution < 1.29 is 18.3 Å². The first kappa shape index (κ1) is 11.6. The van der Waals surface area contributed by atoms with Gasteiger partial charge in [0, 0.05) is 0 Å². The van der Waals surface area contributed by atoms with Gasteiger partial charge in [-0.2, -0.15) is 0 Å². The number of hydrogen-bond acceptors (Lipinski definition) is 2. The van der Waals surface area contributed by atoms with Gasteiger partial charge in [-0.15, -0.1) is 0 Å². The van der Waals surface area contributed by atoms with Crippen molar-refractivity contribution in [2.75, 3.05) is 6.61 Å². The molecule has 0 spiro atoms. The van der Waals surface area contributed by atoms with Crippen molar-refractivity contribution in [2.45, 2.75) is 19.8 Å². The minimum atomic E-state index is -1.04. The number of halogens is 2. The van der Waals surface area contributed by atoms with Gasteiger partial charge >= 0.3 is 5.97 Å². The Bertz CT molecular complexity index is 350. The van der Waals surface area contributed by atoms with Crippen molar-refractivity contribution in [1.29, 1.82) is 0 Å². The van der Waals surface area contributed by atoms with Crippen LogP contribution in [0.3, 0.4) is 0 Å². The maximum absolute atomic E-state index is 12.7. The van der Waals surface area contributed by atoms with Crippen LogP contribution in [0.1, 0.15) is 30.1 Å². The first-order valence-electron chi connectivity index (χ1n) is 4.77. The van der Waals surface area contributed by atoms with E-state index in [0.29, 0.717) is 6.61 Å². The van der Waals surface area contributed by atoms with Crippen LogP contribution in [-0.2, 0) is 4.74 Å². The van der Waals surface area contributed by atoms with Crippen LogP contribution >= 0.6 is 0 Å². The van der Waals surface area contributed by atoms with Crippen LogP contribution in [0.2, 0.25) is 0 Å². The molecular formula is C11H12F2O2. The smallest absolute Gasteiger partial charge is 0.338 e. The molecule has 0 atom stereocenters. The largest absolute Gasteiger partial charge is 0.462 e. The summed E-state index contributed by atoms with van der Waals surface area (Å²) in [5, 5.41) is 0. The lowest BCUT2D eigenvalue weighted by atomic mass is 10.2. The van der Waals surface area contributed by atoms with E-state index in [0.717, 1.165) is 25.0 Å².